The van der Waals surface area contributed by atoms with E-state index in [1.165, 1.54) is 35.3 Å². The summed E-state index contributed by atoms with van der Waals surface area (Å²) in [7, 11) is -3.39. The van der Waals surface area contributed by atoms with Crippen molar-refractivity contribution in [3.8, 4) is 0 Å². The molecule has 3 rings (SSSR count). The molecule has 1 heterocycles. The molecule has 2 aromatic carbocycles. The van der Waals surface area contributed by atoms with Crippen LogP contribution in [-0.4, -0.2) is 38.7 Å². The van der Waals surface area contributed by atoms with E-state index in [9.17, 15) is 22.4 Å². The minimum atomic E-state index is -3.39. The van der Waals surface area contributed by atoms with Gasteiger partial charge in [-0.05, 0) is 42.5 Å². The molecule has 1 unspecified atom stereocenters. The van der Waals surface area contributed by atoms with Gasteiger partial charge in [0, 0.05) is 27.2 Å². The van der Waals surface area contributed by atoms with Crippen LogP contribution in [0.25, 0.3) is 6.08 Å². The fourth-order valence-electron chi connectivity index (χ4n) is 2.88. The Balaban J connectivity index is 1.69. The van der Waals surface area contributed by atoms with Crippen molar-refractivity contribution in [2.75, 3.05) is 17.3 Å². The molecule has 1 amide bonds. The molecule has 0 aromatic heterocycles. The monoisotopic (exact) mass is 493 g/mol. The number of esters is 1. The van der Waals surface area contributed by atoms with Gasteiger partial charge in [-0.2, -0.15) is 0 Å². The molecule has 0 bridgehead atoms. The van der Waals surface area contributed by atoms with Gasteiger partial charge in [-0.3, -0.25) is 4.79 Å². The van der Waals surface area contributed by atoms with Crippen LogP contribution in [0.3, 0.4) is 0 Å². The quantitative estimate of drug-likeness (QED) is 0.454. The Morgan fingerprint density at radius 3 is 2.60 bits per heavy atom. The molecule has 6 nitrogen and oxygen atoms in total. The molecule has 2 aromatic rings. The van der Waals surface area contributed by atoms with E-state index in [1.54, 1.807) is 30.3 Å². The fraction of sp³-hybridized carbons (Fsp3) is 0.143. The zero-order valence-corrected chi connectivity index (χ0v) is 18.0. The van der Waals surface area contributed by atoms with Crippen LogP contribution >= 0.6 is 15.9 Å². The molecular weight excluding hydrogens is 477 g/mol. The van der Waals surface area contributed by atoms with Gasteiger partial charge in [0.05, 0.1) is 11.8 Å². The van der Waals surface area contributed by atoms with Crippen LogP contribution in [0.2, 0.25) is 0 Å². The number of hydrogen-bond donors (Lipinski definition) is 0. The van der Waals surface area contributed by atoms with Crippen molar-refractivity contribution in [1.29, 1.82) is 0 Å². The van der Waals surface area contributed by atoms with Gasteiger partial charge in [-0.15, -0.1) is 0 Å². The predicted octanol–water partition coefficient (Wildman–Crippen LogP) is 3.49. The molecule has 0 aliphatic carbocycles. The molecular formula is C21H17BrFNO5S. The summed E-state index contributed by atoms with van der Waals surface area (Å²) >= 11 is 3.22. The third kappa shape index (κ3) is 5.64. The van der Waals surface area contributed by atoms with E-state index in [0.29, 0.717) is 10.2 Å². The molecule has 0 saturated carbocycles. The number of benzene rings is 2. The van der Waals surface area contributed by atoms with E-state index in [1.807, 2.05) is 0 Å². The number of nitrogens with zero attached hydrogens (tertiary/aromatic N) is 1. The summed E-state index contributed by atoms with van der Waals surface area (Å²) in [6, 6.07) is 12.1. The van der Waals surface area contributed by atoms with Gasteiger partial charge in [0.25, 0.3) is 5.91 Å². The minimum Gasteiger partial charge on any atom is -0.452 e. The summed E-state index contributed by atoms with van der Waals surface area (Å²) in [6.45, 7) is -0.594. The fourth-order valence-corrected chi connectivity index (χ4v) is 4.53. The average molecular weight is 494 g/mol. The third-order valence-corrected chi connectivity index (χ3v) is 6.11. The minimum absolute atomic E-state index is 0.180. The number of carbonyl (C=O) groups excluding carboxylic acids is 2. The van der Waals surface area contributed by atoms with Crippen molar-refractivity contribution in [1.82, 2.24) is 0 Å². The zero-order chi connectivity index (χ0) is 21.7. The normalized spacial score (nSPS) is 17.2. The molecule has 0 spiro atoms. The molecule has 0 N–H and O–H groups in total. The first-order valence-electron chi connectivity index (χ1n) is 8.83. The van der Waals surface area contributed by atoms with Crippen molar-refractivity contribution < 1.29 is 27.1 Å². The highest BCUT2D eigenvalue weighted by Gasteiger charge is 2.31. The van der Waals surface area contributed by atoms with Gasteiger partial charge in [0.15, 0.2) is 16.4 Å². The molecule has 30 heavy (non-hydrogen) atoms. The Hall–Kier alpha value is -2.78. The average Bonchev–Trinajstić information content (AvgIpc) is 3.07. The molecule has 9 heteroatoms. The summed E-state index contributed by atoms with van der Waals surface area (Å²) in [5.74, 6) is -2.17. The van der Waals surface area contributed by atoms with Crippen LogP contribution in [-0.2, 0) is 24.2 Å². The number of ether oxygens (including phenoxy) is 1. The Morgan fingerprint density at radius 2 is 1.93 bits per heavy atom. The van der Waals surface area contributed by atoms with Crippen molar-refractivity contribution in [3.05, 3.63) is 81.9 Å². The number of hydrogen-bond acceptors (Lipinski definition) is 5. The van der Waals surface area contributed by atoms with Crippen molar-refractivity contribution in [3.63, 3.8) is 0 Å². The lowest BCUT2D eigenvalue weighted by Crippen LogP contribution is -2.43. The van der Waals surface area contributed by atoms with Crippen LogP contribution in [0.4, 0.5) is 10.1 Å². The Bertz CT molecular complexity index is 1120. The van der Waals surface area contributed by atoms with Crippen LogP contribution in [0.15, 0.2) is 70.6 Å². The van der Waals surface area contributed by atoms with Crippen LogP contribution < -0.4 is 4.90 Å². The number of amides is 1. The van der Waals surface area contributed by atoms with E-state index in [4.69, 9.17) is 4.74 Å². The van der Waals surface area contributed by atoms with Crippen LogP contribution in [0.1, 0.15) is 5.56 Å². The second kappa shape index (κ2) is 9.36. The van der Waals surface area contributed by atoms with Gasteiger partial charge in [0.2, 0.25) is 0 Å². The maximum Gasteiger partial charge on any atom is 0.331 e. The number of sulfone groups is 1. The van der Waals surface area contributed by atoms with Crippen molar-refractivity contribution in [2.24, 2.45) is 0 Å². The molecule has 156 valence electrons. The maximum absolute atomic E-state index is 13.7. The topological polar surface area (TPSA) is 80.8 Å². The highest BCUT2D eigenvalue weighted by molar-refractivity contribution is 9.10. The molecule has 0 saturated heterocycles. The predicted molar refractivity (Wildman–Crippen MR) is 115 cm³/mol. The summed E-state index contributed by atoms with van der Waals surface area (Å²) in [4.78, 5) is 26.0. The van der Waals surface area contributed by atoms with Crippen molar-refractivity contribution in [2.45, 2.75) is 6.04 Å². The third-order valence-electron chi connectivity index (χ3n) is 4.24. The van der Waals surface area contributed by atoms with E-state index < -0.39 is 40.2 Å². The number of rotatable bonds is 6. The molecule has 1 atom stereocenters. The summed E-state index contributed by atoms with van der Waals surface area (Å²) in [5.41, 5.74) is 0.664. The number of halogens is 2. The molecule has 1 aliphatic heterocycles. The van der Waals surface area contributed by atoms with E-state index in [-0.39, 0.29) is 11.3 Å². The second-order valence-corrected chi connectivity index (χ2v) is 9.28. The largest absolute Gasteiger partial charge is 0.452 e. The number of anilines is 1. The van der Waals surface area contributed by atoms with Crippen LogP contribution in [0.5, 0.6) is 0 Å². The number of para-hydroxylation sites is 1. The Morgan fingerprint density at radius 1 is 1.20 bits per heavy atom. The highest BCUT2D eigenvalue weighted by atomic mass is 79.9. The van der Waals surface area contributed by atoms with Gasteiger partial charge in [-0.1, -0.05) is 34.1 Å². The number of carbonyl (C=O) groups is 2. The van der Waals surface area contributed by atoms with Crippen LogP contribution in [0, 0.1) is 5.82 Å². The summed E-state index contributed by atoms with van der Waals surface area (Å²) in [5, 5.41) is 1.07. The van der Waals surface area contributed by atoms with Gasteiger partial charge in [-0.25, -0.2) is 17.6 Å². The van der Waals surface area contributed by atoms with Gasteiger partial charge in [0.1, 0.15) is 5.82 Å². The second-order valence-electron chi connectivity index (χ2n) is 6.43. The lowest BCUT2D eigenvalue weighted by molar-refractivity contribution is -0.143. The first-order valence-corrected chi connectivity index (χ1v) is 11.3. The highest BCUT2D eigenvalue weighted by Crippen LogP contribution is 2.23. The first-order chi connectivity index (χ1) is 14.2. The van der Waals surface area contributed by atoms with Gasteiger partial charge >= 0.3 is 5.97 Å². The SMILES string of the molecule is O=C(/C=C/c1cc(Br)ccc1F)OCC(=O)N(c1ccccc1)C1C=CS(=O)(=O)C1. The molecule has 0 radical (unpaired) electrons. The smallest absolute Gasteiger partial charge is 0.331 e. The standard InChI is InChI=1S/C21H17BrFNO5S/c22-16-7-8-19(23)15(12-16)6-9-21(26)29-13-20(25)24(17-4-2-1-3-5-17)18-10-11-30(27,28)14-18/h1-12,18H,13-14H2/b9-6+. The lowest BCUT2D eigenvalue weighted by Gasteiger charge is -2.27. The van der Waals surface area contributed by atoms with E-state index in [0.717, 1.165) is 11.5 Å². The zero-order valence-electron chi connectivity index (χ0n) is 15.6. The van der Waals surface area contributed by atoms with Gasteiger partial charge < -0.3 is 9.64 Å². The van der Waals surface area contributed by atoms with E-state index in [2.05, 4.69) is 15.9 Å². The molecule has 1 aliphatic rings. The Labute approximate surface area is 181 Å². The summed E-state index contributed by atoms with van der Waals surface area (Å²) < 4.78 is 42.9. The maximum atomic E-state index is 13.7. The van der Waals surface area contributed by atoms with E-state index >= 15 is 0 Å². The molecule has 0 fully saturated rings. The first kappa shape index (κ1) is 21.9. The lowest BCUT2D eigenvalue weighted by atomic mass is 10.2. The summed E-state index contributed by atoms with van der Waals surface area (Å²) in [6.07, 6.45) is 3.69. The van der Waals surface area contributed by atoms with Crippen molar-refractivity contribution >= 4 is 49.4 Å². The Kier molecular flexibility index (Phi) is 6.84.